The van der Waals surface area contributed by atoms with E-state index in [4.69, 9.17) is 4.74 Å². The molecule has 0 aromatic heterocycles. The van der Waals surface area contributed by atoms with Crippen LogP contribution in [0.1, 0.15) is 58.6 Å². The second-order valence-corrected chi connectivity index (χ2v) is 7.69. The second-order valence-electron chi connectivity index (χ2n) is 7.69. The zero-order valence-corrected chi connectivity index (χ0v) is 17.2. The summed E-state index contributed by atoms with van der Waals surface area (Å²) >= 11 is 0. The number of amides is 2. The summed E-state index contributed by atoms with van der Waals surface area (Å²) in [5.41, 5.74) is 3.03. The molecule has 6 heteroatoms. The molecule has 3 atom stereocenters. The summed E-state index contributed by atoms with van der Waals surface area (Å²) in [6, 6.07) is 7.21. The molecule has 2 N–H and O–H groups in total. The molecule has 1 aromatic rings. The first kappa shape index (κ1) is 20.2. The average Bonchev–Trinajstić information content (AvgIpc) is 3.07. The molecule has 152 valence electrons. The third-order valence-corrected chi connectivity index (χ3v) is 5.89. The number of anilines is 1. The molecule has 0 unspecified atom stereocenters. The summed E-state index contributed by atoms with van der Waals surface area (Å²) in [4.78, 5) is 27.3. The molecule has 1 fully saturated rings. The first-order valence-electron chi connectivity index (χ1n) is 10.3. The molecule has 1 aliphatic carbocycles. The highest BCUT2D eigenvalue weighted by molar-refractivity contribution is 5.95. The highest BCUT2D eigenvalue weighted by Gasteiger charge is 2.35. The molecule has 2 amide bonds. The van der Waals surface area contributed by atoms with Gasteiger partial charge in [-0.25, -0.2) is 9.59 Å². The minimum atomic E-state index is -0.510. The first-order chi connectivity index (χ1) is 13.4. The zero-order chi connectivity index (χ0) is 20.3. The monoisotopic (exact) mass is 385 g/mol. The van der Waals surface area contributed by atoms with Crippen molar-refractivity contribution in [3.63, 3.8) is 0 Å². The summed E-state index contributed by atoms with van der Waals surface area (Å²) in [6.45, 7) is 9.97. The predicted octanol–water partition coefficient (Wildman–Crippen LogP) is 3.89. The highest BCUT2D eigenvalue weighted by atomic mass is 16.5. The minimum absolute atomic E-state index is 0.0453. The molecule has 0 bridgehead atoms. The molecule has 3 rings (SSSR count). The number of nitrogens with zero attached hydrogens (tertiary/aromatic N) is 1. The quantitative estimate of drug-likeness (QED) is 0.729. The largest absolute Gasteiger partial charge is 0.459 e. The number of hydrogen-bond acceptors (Lipinski definition) is 4. The first-order valence-corrected chi connectivity index (χ1v) is 10.3. The van der Waals surface area contributed by atoms with Crippen LogP contribution in [-0.2, 0) is 9.53 Å². The molecule has 1 saturated carbocycles. The zero-order valence-electron chi connectivity index (χ0n) is 17.2. The fraction of sp³-hybridized carbons (Fsp3) is 0.545. The van der Waals surface area contributed by atoms with E-state index < -0.39 is 6.04 Å². The lowest BCUT2D eigenvalue weighted by Crippen LogP contribution is -2.45. The third kappa shape index (κ3) is 4.16. The van der Waals surface area contributed by atoms with E-state index in [1.807, 2.05) is 24.3 Å². The van der Waals surface area contributed by atoms with Crippen LogP contribution in [0.3, 0.4) is 0 Å². The summed E-state index contributed by atoms with van der Waals surface area (Å²) in [5, 5.41) is 5.60. The van der Waals surface area contributed by atoms with E-state index in [-0.39, 0.29) is 18.1 Å². The molecule has 28 heavy (non-hydrogen) atoms. The van der Waals surface area contributed by atoms with Crippen molar-refractivity contribution in [1.82, 2.24) is 10.6 Å². The fourth-order valence-corrected chi connectivity index (χ4v) is 4.17. The van der Waals surface area contributed by atoms with Crippen molar-refractivity contribution in [3.05, 3.63) is 41.1 Å². The molecule has 1 aliphatic heterocycles. The van der Waals surface area contributed by atoms with Crippen molar-refractivity contribution >= 4 is 17.7 Å². The van der Waals surface area contributed by atoms with Crippen LogP contribution in [0, 0.1) is 5.92 Å². The van der Waals surface area contributed by atoms with E-state index in [1.54, 1.807) is 6.92 Å². The average molecular weight is 386 g/mol. The SMILES string of the molecule is CCN(CC)c1ccc([C@@H]2NC(=O)NC(C)=C2C(=O)O[C@@H]2CCC[C@H]2C)cc1. The van der Waals surface area contributed by atoms with Gasteiger partial charge in [0.2, 0.25) is 0 Å². The Morgan fingerprint density at radius 2 is 1.86 bits per heavy atom. The van der Waals surface area contributed by atoms with E-state index in [0.29, 0.717) is 17.2 Å². The Morgan fingerprint density at radius 1 is 1.18 bits per heavy atom. The van der Waals surface area contributed by atoms with Crippen LogP contribution in [0.15, 0.2) is 35.5 Å². The predicted molar refractivity (Wildman–Crippen MR) is 110 cm³/mol. The lowest BCUT2D eigenvalue weighted by Gasteiger charge is -2.30. The summed E-state index contributed by atoms with van der Waals surface area (Å²) in [7, 11) is 0. The lowest BCUT2D eigenvalue weighted by atomic mass is 9.95. The molecule has 2 aliphatic rings. The number of hydrogen-bond donors (Lipinski definition) is 2. The van der Waals surface area contributed by atoms with Crippen LogP contribution in [0.5, 0.6) is 0 Å². The Labute approximate surface area is 167 Å². The smallest absolute Gasteiger partial charge is 0.338 e. The van der Waals surface area contributed by atoms with E-state index in [0.717, 1.165) is 43.6 Å². The molecule has 6 nitrogen and oxygen atoms in total. The van der Waals surface area contributed by atoms with Gasteiger partial charge in [0, 0.05) is 24.5 Å². The number of carbonyl (C=O) groups excluding carboxylic acids is 2. The molecular weight excluding hydrogens is 354 g/mol. The number of benzene rings is 1. The van der Waals surface area contributed by atoms with Crippen molar-refractivity contribution in [3.8, 4) is 0 Å². The fourth-order valence-electron chi connectivity index (χ4n) is 4.17. The van der Waals surface area contributed by atoms with Gasteiger partial charge in [0.05, 0.1) is 11.6 Å². The number of urea groups is 1. The van der Waals surface area contributed by atoms with Gasteiger partial charge in [-0.15, -0.1) is 0 Å². The Morgan fingerprint density at radius 3 is 2.43 bits per heavy atom. The van der Waals surface area contributed by atoms with Crippen LogP contribution in [0.25, 0.3) is 0 Å². The van der Waals surface area contributed by atoms with Crippen LogP contribution >= 0.6 is 0 Å². The van der Waals surface area contributed by atoms with Gasteiger partial charge in [-0.3, -0.25) is 0 Å². The Balaban J connectivity index is 1.85. The summed E-state index contributed by atoms with van der Waals surface area (Å²) in [6.07, 6.45) is 3.03. The maximum absolute atomic E-state index is 13.0. The Bertz CT molecular complexity index is 753. The summed E-state index contributed by atoms with van der Waals surface area (Å²) < 4.78 is 5.82. The van der Waals surface area contributed by atoms with E-state index in [2.05, 4.69) is 36.3 Å². The molecule has 1 heterocycles. The maximum Gasteiger partial charge on any atom is 0.338 e. The molecule has 0 spiro atoms. The van der Waals surface area contributed by atoms with Gasteiger partial charge >= 0.3 is 12.0 Å². The number of carbonyl (C=O) groups is 2. The van der Waals surface area contributed by atoms with Crippen LogP contribution in [0.4, 0.5) is 10.5 Å². The second kappa shape index (κ2) is 8.67. The van der Waals surface area contributed by atoms with Gasteiger partial charge in [0.15, 0.2) is 0 Å². The van der Waals surface area contributed by atoms with Gasteiger partial charge in [0.1, 0.15) is 6.10 Å². The van der Waals surface area contributed by atoms with Crippen LogP contribution < -0.4 is 15.5 Å². The third-order valence-electron chi connectivity index (χ3n) is 5.89. The van der Waals surface area contributed by atoms with Crippen molar-refractivity contribution in [2.45, 2.75) is 59.1 Å². The van der Waals surface area contributed by atoms with Crippen molar-refractivity contribution in [2.24, 2.45) is 5.92 Å². The van der Waals surface area contributed by atoms with Gasteiger partial charge in [0.25, 0.3) is 0 Å². The van der Waals surface area contributed by atoms with Crippen LogP contribution in [0.2, 0.25) is 0 Å². The van der Waals surface area contributed by atoms with Crippen molar-refractivity contribution < 1.29 is 14.3 Å². The Hall–Kier alpha value is -2.50. The van der Waals surface area contributed by atoms with E-state index in [9.17, 15) is 9.59 Å². The minimum Gasteiger partial charge on any atom is -0.459 e. The molecule has 0 radical (unpaired) electrons. The highest BCUT2D eigenvalue weighted by Crippen LogP contribution is 2.32. The number of allylic oxidation sites excluding steroid dienone is 1. The van der Waals surface area contributed by atoms with E-state index in [1.165, 1.54) is 0 Å². The normalized spacial score (nSPS) is 24.6. The van der Waals surface area contributed by atoms with Gasteiger partial charge < -0.3 is 20.3 Å². The molecule has 1 aromatic carbocycles. The van der Waals surface area contributed by atoms with E-state index >= 15 is 0 Å². The van der Waals surface area contributed by atoms with Crippen molar-refractivity contribution in [2.75, 3.05) is 18.0 Å². The van der Waals surface area contributed by atoms with Gasteiger partial charge in [-0.2, -0.15) is 0 Å². The topological polar surface area (TPSA) is 70.7 Å². The number of esters is 1. The lowest BCUT2D eigenvalue weighted by molar-refractivity contribution is -0.146. The number of nitrogens with one attached hydrogen (secondary N) is 2. The maximum atomic E-state index is 13.0. The number of rotatable bonds is 6. The molecule has 0 saturated heterocycles. The van der Waals surface area contributed by atoms with Crippen LogP contribution in [-0.4, -0.2) is 31.2 Å². The summed E-state index contributed by atoms with van der Waals surface area (Å²) in [5.74, 6) is 0.0318. The van der Waals surface area contributed by atoms with Gasteiger partial charge in [-0.05, 0) is 63.6 Å². The molecular formula is C22H31N3O3. The standard InChI is InChI=1S/C22H31N3O3/c1-5-25(6-2)17-12-10-16(11-13-17)20-19(15(4)23-22(27)24-20)21(26)28-18-9-7-8-14(18)3/h10-14,18,20H,5-9H2,1-4H3,(H2,23,24,27)/t14-,18-,20+/m1/s1. The number of ether oxygens (including phenoxy) is 1. The van der Waals surface area contributed by atoms with Crippen molar-refractivity contribution in [1.29, 1.82) is 0 Å². The Kier molecular flexibility index (Phi) is 6.27. The van der Waals surface area contributed by atoms with Gasteiger partial charge in [-0.1, -0.05) is 19.1 Å².